The Kier molecular flexibility index (Phi) is 3.31. The molecule has 3 rings (SSSR count). The van der Waals surface area contributed by atoms with E-state index in [0.29, 0.717) is 0 Å². The van der Waals surface area contributed by atoms with Crippen LogP contribution in [-0.2, 0) is 6.54 Å². The Morgan fingerprint density at radius 1 is 1.30 bits per heavy atom. The van der Waals surface area contributed by atoms with E-state index in [-0.39, 0.29) is 5.56 Å². The summed E-state index contributed by atoms with van der Waals surface area (Å²) in [6, 6.07) is 4.23. The monoisotopic (exact) mass is 379 g/mol. The van der Waals surface area contributed by atoms with E-state index in [1.165, 1.54) is 9.14 Å². The molecule has 0 bridgehead atoms. The van der Waals surface area contributed by atoms with E-state index in [4.69, 9.17) is 4.98 Å². The van der Waals surface area contributed by atoms with E-state index in [1.54, 1.807) is 4.57 Å². The Bertz CT molecular complexity index is 743. The molecular formula is C15H21N3OSn. The van der Waals surface area contributed by atoms with E-state index in [2.05, 4.69) is 33.1 Å². The van der Waals surface area contributed by atoms with Crippen molar-refractivity contribution in [2.45, 2.75) is 34.7 Å². The fourth-order valence-corrected chi connectivity index (χ4v) is 7.28. The number of rotatable bonds is 1. The zero-order valence-electron chi connectivity index (χ0n) is 12.6. The molecule has 2 aromatic rings. The number of hydrogen-bond donors (Lipinski definition) is 1. The molecule has 1 aromatic carbocycles. The first-order chi connectivity index (χ1) is 9.38. The summed E-state index contributed by atoms with van der Waals surface area (Å²) in [6.07, 6.45) is 0.983. The van der Waals surface area contributed by atoms with Crippen LogP contribution >= 0.6 is 0 Å². The normalized spacial score (nSPS) is 15.0. The average Bonchev–Trinajstić information content (AvgIpc) is 2.38. The van der Waals surface area contributed by atoms with Crippen LogP contribution in [0.25, 0.3) is 10.9 Å². The van der Waals surface area contributed by atoms with Crippen LogP contribution in [0.5, 0.6) is 0 Å². The van der Waals surface area contributed by atoms with Gasteiger partial charge in [-0.25, -0.2) is 0 Å². The molecule has 0 saturated carbocycles. The van der Waals surface area contributed by atoms with Crippen LogP contribution < -0.4 is 14.5 Å². The molecule has 0 fully saturated rings. The molecule has 0 aliphatic carbocycles. The molecule has 0 atom stereocenters. The van der Waals surface area contributed by atoms with Crippen molar-refractivity contribution in [3.63, 3.8) is 0 Å². The number of nitrogens with zero attached hydrogens (tertiary/aromatic N) is 2. The van der Waals surface area contributed by atoms with Crippen molar-refractivity contribution >= 4 is 38.8 Å². The molecule has 5 heteroatoms. The molecular weight excluding hydrogens is 357 g/mol. The molecule has 4 nitrogen and oxygen atoms in total. The zero-order valence-corrected chi connectivity index (χ0v) is 15.4. The summed E-state index contributed by atoms with van der Waals surface area (Å²) in [7, 11) is 0. The van der Waals surface area contributed by atoms with Gasteiger partial charge in [0.05, 0.1) is 0 Å². The maximum absolute atomic E-state index is 12.7. The molecule has 0 unspecified atom stereocenters. The molecule has 106 valence electrons. The topological polar surface area (TPSA) is 46.9 Å². The van der Waals surface area contributed by atoms with E-state index >= 15 is 0 Å². The van der Waals surface area contributed by atoms with Crippen LogP contribution in [0.3, 0.4) is 0 Å². The second kappa shape index (κ2) is 4.75. The average molecular weight is 378 g/mol. The predicted octanol–water partition coefficient (Wildman–Crippen LogP) is 2.07. The van der Waals surface area contributed by atoms with Crippen LogP contribution in [0.4, 0.5) is 5.95 Å². The number of hydrogen-bond acceptors (Lipinski definition) is 3. The predicted molar refractivity (Wildman–Crippen MR) is 86.8 cm³/mol. The van der Waals surface area contributed by atoms with E-state index in [1.807, 2.05) is 6.07 Å². The van der Waals surface area contributed by atoms with Crippen molar-refractivity contribution in [2.24, 2.45) is 0 Å². The molecule has 0 radical (unpaired) electrons. The van der Waals surface area contributed by atoms with Gasteiger partial charge in [-0.05, 0) is 0 Å². The Morgan fingerprint density at radius 2 is 2.05 bits per heavy atom. The van der Waals surface area contributed by atoms with E-state index in [9.17, 15) is 4.79 Å². The quantitative estimate of drug-likeness (QED) is 0.774. The molecule has 1 N–H and O–H groups in total. The summed E-state index contributed by atoms with van der Waals surface area (Å²) in [5, 5.41) is 4.05. The standard InChI is InChI=1S/C12H12N3O.3CH3.Sn/c1-8-3-4-10-9(7-8)11(16)15-6-2-5-13-12(15)14-10;;;;/h3,7H,2,5-6H2,1H3,(H,13,14);3*1H3;. The van der Waals surface area contributed by atoms with Gasteiger partial charge in [-0.3, -0.25) is 0 Å². The summed E-state index contributed by atoms with van der Waals surface area (Å²) in [6.45, 7) is 3.74. The van der Waals surface area contributed by atoms with Crippen LogP contribution in [0.15, 0.2) is 16.9 Å². The molecule has 0 spiro atoms. The molecule has 0 amide bonds. The summed E-state index contributed by atoms with van der Waals surface area (Å²) in [5.74, 6) is 0.745. The first-order valence-corrected chi connectivity index (χ1v) is 17.2. The second-order valence-electron chi connectivity index (χ2n) is 6.63. The van der Waals surface area contributed by atoms with Gasteiger partial charge in [0, 0.05) is 0 Å². The number of aryl methyl sites for hydroxylation is 1. The van der Waals surface area contributed by atoms with Gasteiger partial charge in [0.2, 0.25) is 0 Å². The van der Waals surface area contributed by atoms with Crippen molar-refractivity contribution in [3.8, 4) is 0 Å². The van der Waals surface area contributed by atoms with Gasteiger partial charge < -0.3 is 0 Å². The van der Waals surface area contributed by atoms with Gasteiger partial charge in [0.25, 0.3) is 0 Å². The zero-order chi connectivity index (χ0) is 14.5. The third kappa shape index (κ3) is 2.24. The van der Waals surface area contributed by atoms with Gasteiger partial charge in [-0.2, -0.15) is 0 Å². The molecule has 2 heterocycles. The minimum absolute atomic E-state index is 0.109. The number of anilines is 1. The van der Waals surface area contributed by atoms with Crippen molar-refractivity contribution in [3.05, 3.63) is 28.0 Å². The van der Waals surface area contributed by atoms with Gasteiger partial charge >= 0.3 is 123 Å². The third-order valence-electron chi connectivity index (χ3n) is 3.85. The fraction of sp³-hybridized carbons (Fsp3) is 0.467. The van der Waals surface area contributed by atoms with Crippen molar-refractivity contribution in [1.29, 1.82) is 0 Å². The van der Waals surface area contributed by atoms with E-state index < -0.39 is 18.4 Å². The molecule has 1 aliphatic rings. The Morgan fingerprint density at radius 3 is 2.75 bits per heavy atom. The van der Waals surface area contributed by atoms with Crippen LogP contribution in [0, 0.1) is 6.92 Å². The van der Waals surface area contributed by atoms with Gasteiger partial charge in [0.1, 0.15) is 0 Å². The second-order valence-corrected chi connectivity index (χ2v) is 21.0. The molecule has 20 heavy (non-hydrogen) atoms. The number of benzene rings is 1. The molecule has 1 aromatic heterocycles. The number of nitrogens with one attached hydrogen (secondary N) is 1. The molecule has 0 saturated heterocycles. The number of aromatic nitrogens is 2. The van der Waals surface area contributed by atoms with Crippen molar-refractivity contribution in [1.82, 2.24) is 9.55 Å². The number of fused-ring (bicyclic) bond motifs is 2. The van der Waals surface area contributed by atoms with Gasteiger partial charge in [-0.15, -0.1) is 0 Å². The first-order valence-electron chi connectivity index (χ1n) is 7.17. The van der Waals surface area contributed by atoms with Crippen LogP contribution in [0.1, 0.15) is 12.0 Å². The Balaban J connectivity index is 2.43. The van der Waals surface area contributed by atoms with Crippen LogP contribution in [-0.4, -0.2) is 34.5 Å². The summed E-state index contributed by atoms with van der Waals surface area (Å²) in [4.78, 5) is 24.6. The van der Waals surface area contributed by atoms with Gasteiger partial charge in [-0.1, -0.05) is 0 Å². The maximum atomic E-state index is 12.7. The Hall–Kier alpha value is -1.04. The summed E-state index contributed by atoms with van der Waals surface area (Å²) >= 11 is -2.31. The summed E-state index contributed by atoms with van der Waals surface area (Å²) < 4.78 is 3.13. The van der Waals surface area contributed by atoms with Gasteiger partial charge in [0.15, 0.2) is 0 Å². The van der Waals surface area contributed by atoms with Crippen LogP contribution in [0.2, 0.25) is 14.8 Å². The third-order valence-corrected chi connectivity index (χ3v) is 9.55. The minimum atomic E-state index is -2.31. The first kappa shape index (κ1) is 13.9. The molecule has 1 aliphatic heterocycles. The summed E-state index contributed by atoms with van der Waals surface area (Å²) in [5.41, 5.74) is 2.21. The van der Waals surface area contributed by atoms with Crippen molar-refractivity contribution < 1.29 is 0 Å². The van der Waals surface area contributed by atoms with E-state index in [0.717, 1.165) is 36.4 Å². The fourth-order valence-electron chi connectivity index (χ4n) is 2.82. The SMILES string of the molecule is Cc1c[c]([Sn]([CH3])([CH3])[CH3])c2nc3n(c(=O)c2c1)CCCN3. The van der Waals surface area contributed by atoms with Crippen molar-refractivity contribution in [2.75, 3.05) is 11.9 Å². The Labute approximate surface area is 123 Å².